The molecule has 0 aliphatic rings. The lowest BCUT2D eigenvalue weighted by Crippen LogP contribution is -2.30. The molecule has 0 bridgehead atoms. The summed E-state index contributed by atoms with van der Waals surface area (Å²) >= 11 is 0. The number of carbonyl (C=O) groups excluding carboxylic acids is 3. The molecule has 0 amide bonds. The molecule has 0 radical (unpaired) electrons. The maximum atomic E-state index is 12.6. The number of esters is 3. The van der Waals surface area contributed by atoms with Gasteiger partial charge >= 0.3 is 17.9 Å². The number of rotatable bonds is 43. The molecule has 6 nitrogen and oxygen atoms in total. The Balaban J connectivity index is 4.24. The van der Waals surface area contributed by atoms with Crippen LogP contribution in [0.5, 0.6) is 0 Å². The highest BCUT2D eigenvalue weighted by Crippen LogP contribution is 2.14. The monoisotopic (exact) mass is 775 g/mol. The molecular formula is C49H90O6. The molecule has 1 unspecified atom stereocenters. The molecule has 0 aromatic carbocycles. The number of carbonyl (C=O) groups is 3. The quantitative estimate of drug-likeness (QED) is 0.0266. The lowest BCUT2D eigenvalue weighted by molar-refractivity contribution is -0.167. The Hall–Kier alpha value is -2.11. The van der Waals surface area contributed by atoms with Gasteiger partial charge in [0.1, 0.15) is 13.2 Å². The average molecular weight is 775 g/mol. The number of hydrogen-bond donors (Lipinski definition) is 0. The van der Waals surface area contributed by atoms with Crippen LogP contribution < -0.4 is 0 Å². The fourth-order valence-electron chi connectivity index (χ4n) is 6.79. The van der Waals surface area contributed by atoms with Crippen molar-refractivity contribution in [3.63, 3.8) is 0 Å². The Bertz CT molecular complexity index is 896. The summed E-state index contributed by atoms with van der Waals surface area (Å²) in [6, 6.07) is 0. The molecule has 1 atom stereocenters. The number of ether oxygens (including phenoxy) is 3. The summed E-state index contributed by atoms with van der Waals surface area (Å²) in [5.74, 6) is -0.919. The minimum Gasteiger partial charge on any atom is -0.462 e. The molecule has 0 heterocycles. The van der Waals surface area contributed by atoms with Gasteiger partial charge in [-0.25, -0.2) is 0 Å². The van der Waals surface area contributed by atoms with E-state index in [0.717, 1.165) is 51.4 Å². The lowest BCUT2D eigenvalue weighted by Gasteiger charge is -2.18. The van der Waals surface area contributed by atoms with Crippen LogP contribution in [0.1, 0.15) is 252 Å². The van der Waals surface area contributed by atoms with E-state index in [1.54, 1.807) is 0 Å². The van der Waals surface area contributed by atoms with Crippen molar-refractivity contribution in [1.82, 2.24) is 0 Å². The molecule has 55 heavy (non-hydrogen) atoms. The van der Waals surface area contributed by atoms with Crippen LogP contribution in [0.15, 0.2) is 24.3 Å². The molecule has 0 spiro atoms. The number of unbranched alkanes of at least 4 members (excludes halogenated alkanes) is 28. The van der Waals surface area contributed by atoms with Crippen LogP contribution in [0.3, 0.4) is 0 Å². The Kier molecular flexibility index (Phi) is 42.9. The van der Waals surface area contributed by atoms with Gasteiger partial charge in [0, 0.05) is 19.3 Å². The van der Waals surface area contributed by atoms with E-state index >= 15 is 0 Å². The smallest absolute Gasteiger partial charge is 0.306 e. The molecule has 0 saturated heterocycles. The second-order valence-electron chi connectivity index (χ2n) is 16.0. The second-order valence-corrected chi connectivity index (χ2v) is 16.0. The Morgan fingerprint density at radius 2 is 0.618 bits per heavy atom. The zero-order chi connectivity index (χ0) is 40.1. The zero-order valence-electron chi connectivity index (χ0n) is 36.7. The summed E-state index contributed by atoms with van der Waals surface area (Å²) in [5.41, 5.74) is 0. The summed E-state index contributed by atoms with van der Waals surface area (Å²) < 4.78 is 16.6. The molecule has 6 heteroatoms. The predicted molar refractivity (Wildman–Crippen MR) is 233 cm³/mol. The summed E-state index contributed by atoms with van der Waals surface area (Å²) in [5, 5.41) is 0. The van der Waals surface area contributed by atoms with Crippen LogP contribution in [0.2, 0.25) is 0 Å². The topological polar surface area (TPSA) is 78.9 Å². The van der Waals surface area contributed by atoms with Crippen molar-refractivity contribution in [3.8, 4) is 0 Å². The van der Waals surface area contributed by atoms with Crippen LogP contribution in [0.4, 0.5) is 0 Å². The van der Waals surface area contributed by atoms with Gasteiger partial charge in [0.05, 0.1) is 0 Å². The predicted octanol–water partition coefficient (Wildman–Crippen LogP) is 15.2. The first-order valence-electron chi connectivity index (χ1n) is 23.8. The highest BCUT2D eigenvalue weighted by Gasteiger charge is 2.19. The van der Waals surface area contributed by atoms with Gasteiger partial charge in [-0.05, 0) is 64.2 Å². The second kappa shape index (κ2) is 44.6. The average Bonchev–Trinajstić information content (AvgIpc) is 3.18. The number of hydrogen-bond acceptors (Lipinski definition) is 6. The molecule has 0 aliphatic heterocycles. The summed E-state index contributed by atoms with van der Waals surface area (Å²) in [6.07, 6.45) is 48.9. The van der Waals surface area contributed by atoms with E-state index in [-0.39, 0.29) is 37.5 Å². The van der Waals surface area contributed by atoms with Crippen molar-refractivity contribution >= 4 is 17.9 Å². The zero-order valence-corrected chi connectivity index (χ0v) is 36.7. The van der Waals surface area contributed by atoms with Gasteiger partial charge in [-0.15, -0.1) is 0 Å². The van der Waals surface area contributed by atoms with E-state index in [1.165, 1.54) is 154 Å². The first-order valence-corrected chi connectivity index (χ1v) is 23.8. The summed E-state index contributed by atoms with van der Waals surface area (Å²) in [7, 11) is 0. The SMILES string of the molecule is CCCCCC/C=C\CCCC(=O)OC(COC(=O)CCCCCCCCC/C=C\CCCCCCCCCC)COC(=O)CCCCCCCCCCC. The van der Waals surface area contributed by atoms with E-state index < -0.39 is 6.10 Å². The Morgan fingerprint density at radius 3 is 0.982 bits per heavy atom. The summed E-state index contributed by atoms with van der Waals surface area (Å²) in [4.78, 5) is 37.6. The highest BCUT2D eigenvalue weighted by atomic mass is 16.6. The molecule has 0 fully saturated rings. The van der Waals surface area contributed by atoms with Gasteiger partial charge in [-0.2, -0.15) is 0 Å². The maximum Gasteiger partial charge on any atom is 0.306 e. The molecule has 0 aliphatic carbocycles. The molecule has 0 N–H and O–H groups in total. The van der Waals surface area contributed by atoms with Crippen molar-refractivity contribution < 1.29 is 28.6 Å². The van der Waals surface area contributed by atoms with E-state index in [0.29, 0.717) is 19.3 Å². The molecule has 0 rings (SSSR count). The van der Waals surface area contributed by atoms with Crippen LogP contribution in [0.25, 0.3) is 0 Å². The lowest BCUT2D eigenvalue weighted by atomic mass is 10.1. The molecule has 0 aromatic rings. The third-order valence-corrected chi connectivity index (χ3v) is 10.4. The third-order valence-electron chi connectivity index (χ3n) is 10.4. The standard InChI is InChI=1S/C49H90O6/c1-4-7-10-13-16-19-20-21-22-23-24-25-26-27-28-31-33-36-39-42-48(51)54-45-46(55-49(52)43-40-37-34-30-18-15-12-9-6-3)44-53-47(50)41-38-35-32-29-17-14-11-8-5-2/h23-24,30,34,46H,4-22,25-29,31-33,35-45H2,1-3H3/b24-23-,34-30-. The molecule has 0 aromatic heterocycles. The fraction of sp³-hybridized carbons (Fsp3) is 0.857. The normalized spacial score (nSPS) is 12.1. The van der Waals surface area contributed by atoms with Gasteiger partial charge in [-0.1, -0.05) is 193 Å². The fourth-order valence-corrected chi connectivity index (χ4v) is 6.79. The van der Waals surface area contributed by atoms with Crippen molar-refractivity contribution in [3.05, 3.63) is 24.3 Å². The van der Waals surface area contributed by atoms with E-state index in [2.05, 4.69) is 45.1 Å². The van der Waals surface area contributed by atoms with Crippen molar-refractivity contribution in [2.24, 2.45) is 0 Å². The summed E-state index contributed by atoms with van der Waals surface area (Å²) in [6.45, 7) is 6.56. The van der Waals surface area contributed by atoms with Crippen molar-refractivity contribution in [2.75, 3.05) is 13.2 Å². The van der Waals surface area contributed by atoms with Crippen LogP contribution in [-0.2, 0) is 28.6 Å². The van der Waals surface area contributed by atoms with E-state index in [9.17, 15) is 14.4 Å². The largest absolute Gasteiger partial charge is 0.462 e. The van der Waals surface area contributed by atoms with E-state index in [4.69, 9.17) is 14.2 Å². The Labute approximate surface area is 341 Å². The van der Waals surface area contributed by atoms with Gasteiger partial charge in [0.25, 0.3) is 0 Å². The first-order chi connectivity index (χ1) is 27.0. The highest BCUT2D eigenvalue weighted by molar-refractivity contribution is 5.71. The molecule has 322 valence electrons. The van der Waals surface area contributed by atoms with Crippen LogP contribution in [0, 0.1) is 0 Å². The molecule has 0 saturated carbocycles. The van der Waals surface area contributed by atoms with Crippen molar-refractivity contribution in [1.29, 1.82) is 0 Å². The minimum atomic E-state index is -0.780. The van der Waals surface area contributed by atoms with Gasteiger partial charge in [-0.3, -0.25) is 14.4 Å². The van der Waals surface area contributed by atoms with Gasteiger partial charge in [0.15, 0.2) is 6.10 Å². The third kappa shape index (κ3) is 42.9. The minimum absolute atomic E-state index is 0.0814. The van der Waals surface area contributed by atoms with Crippen LogP contribution in [-0.4, -0.2) is 37.2 Å². The van der Waals surface area contributed by atoms with E-state index in [1.807, 2.05) is 0 Å². The van der Waals surface area contributed by atoms with Gasteiger partial charge in [0.2, 0.25) is 0 Å². The first kappa shape index (κ1) is 52.9. The Morgan fingerprint density at radius 1 is 0.345 bits per heavy atom. The molecular weight excluding hydrogens is 685 g/mol. The van der Waals surface area contributed by atoms with Crippen LogP contribution >= 0.6 is 0 Å². The van der Waals surface area contributed by atoms with Crippen molar-refractivity contribution in [2.45, 2.75) is 258 Å². The maximum absolute atomic E-state index is 12.6. The van der Waals surface area contributed by atoms with Gasteiger partial charge < -0.3 is 14.2 Å². The number of allylic oxidation sites excluding steroid dienone is 4.